The molecule has 3 nitrogen and oxygen atoms in total. The summed E-state index contributed by atoms with van der Waals surface area (Å²) in [5, 5.41) is 8.23. The molecule has 1 atom stereocenters. The number of carboxylic acid groups (broad SMARTS) is 1. The molecule has 64 valence electrons. The van der Waals surface area contributed by atoms with Crippen LogP contribution in [0.15, 0.2) is 12.2 Å². The summed E-state index contributed by atoms with van der Waals surface area (Å²) < 4.78 is 5.04. The largest absolute Gasteiger partial charge is 0.478 e. The molecule has 0 saturated heterocycles. The number of carboxylic acids is 1. The predicted molar refractivity (Wildman–Crippen MR) is 46.7 cm³/mol. The van der Waals surface area contributed by atoms with E-state index in [0.717, 1.165) is 23.1 Å². The van der Waals surface area contributed by atoms with Crippen molar-refractivity contribution in [3.8, 4) is 0 Å². The molecule has 0 amide bonds. The molecule has 0 aliphatic rings. The van der Waals surface area contributed by atoms with Crippen LogP contribution in [0.4, 0.5) is 0 Å². The van der Waals surface area contributed by atoms with Crippen LogP contribution in [-0.4, -0.2) is 34.2 Å². The van der Waals surface area contributed by atoms with E-state index in [1.807, 2.05) is 0 Å². The molecule has 0 aromatic rings. The monoisotopic (exact) mass is 174 g/mol. The first-order valence-electron chi connectivity index (χ1n) is 3.59. The fourth-order valence-corrected chi connectivity index (χ4v) is 0.966. The van der Waals surface area contributed by atoms with Gasteiger partial charge in [0.15, 0.2) is 0 Å². The lowest BCUT2D eigenvalue weighted by atomic mass is 10.3. The van der Waals surface area contributed by atoms with Crippen molar-refractivity contribution in [3.05, 3.63) is 12.2 Å². The van der Waals surface area contributed by atoms with E-state index in [1.54, 1.807) is 13.2 Å². The van der Waals surface area contributed by atoms with E-state index in [2.05, 4.69) is 0 Å². The van der Waals surface area contributed by atoms with E-state index in [9.17, 15) is 4.79 Å². The molecule has 4 heteroatoms. The molecule has 1 unspecified atom stereocenters. The minimum atomic E-state index is -0.882. The summed E-state index contributed by atoms with van der Waals surface area (Å²) in [6.07, 6.45) is 4.54. The normalized spacial score (nSPS) is 13.9. The van der Waals surface area contributed by atoms with Gasteiger partial charge >= 0.3 is 5.97 Å². The Bertz CT molecular complexity index is 145. The molecule has 0 fully saturated rings. The quantitative estimate of drug-likeness (QED) is 0.461. The van der Waals surface area contributed by atoms with Crippen molar-refractivity contribution < 1.29 is 14.6 Å². The van der Waals surface area contributed by atoms with Gasteiger partial charge in [0.1, 0.15) is 0 Å². The maximum absolute atomic E-state index is 10.0. The van der Waals surface area contributed by atoms with Crippen molar-refractivity contribution in [1.29, 1.82) is 0 Å². The standard InChI is InChI=1S/C7H14O3Si/c1-10-7(11)5-3-2-4-6(8)9/h2,4,7H,3,5H2,1,11H3,(H,8,9). The molecule has 0 aliphatic heterocycles. The lowest BCUT2D eigenvalue weighted by Gasteiger charge is -2.05. The fourth-order valence-electron chi connectivity index (χ4n) is 0.633. The third-order valence-corrected chi connectivity index (χ3v) is 2.45. The van der Waals surface area contributed by atoms with Gasteiger partial charge in [-0.15, -0.1) is 0 Å². The highest BCUT2D eigenvalue weighted by molar-refractivity contribution is 6.10. The number of rotatable bonds is 5. The first kappa shape index (κ1) is 10.4. The van der Waals surface area contributed by atoms with Crippen molar-refractivity contribution >= 4 is 16.2 Å². The van der Waals surface area contributed by atoms with Crippen LogP contribution in [0.2, 0.25) is 0 Å². The Morgan fingerprint density at radius 1 is 1.82 bits per heavy atom. The zero-order chi connectivity index (χ0) is 8.69. The van der Waals surface area contributed by atoms with Crippen molar-refractivity contribution in [3.63, 3.8) is 0 Å². The highest BCUT2D eigenvalue weighted by Gasteiger charge is 1.95. The highest BCUT2D eigenvalue weighted by atomic mass is 28.1. The molecule has 0 radical (unpaired) electrons. The lowest BCUT2D eigenvalue weighted by Crippen LogP contribution is -2.08. The molecule has 0 heterocycles. The van der Waals surface area contributed by atoms with E-state index >= 15 is 0 Å². The Kier molecular flexibility index (Phi) is 5.78. The Labute approximate surface area is 69.5 Å². The van der Waals surface area contributed by atoms with Crippen molar-refractivity contribution in [2.24, 2.45) is 0 Å². The number of hydrogen-bond acceptors (Lipinski definition) is 2. The first-order chi connectivity index (χ1) is 5.16. The molecule has 11 heavy (non-hydrogen) atoms. The Morgan fingerprint density at radius 2 is 2.45 bits per heavy atom. The molecular formula is C7H14O3Si. The number of allylic oxidation sites excluding steroid dienone is 1. The van der Waals surface area contributed by atoms with E-state index in [1.165, 1.54) is 6.08 Å². The summed E-state index contributed by atoms with van der Waals surface area (Å²) in [5.74, 6) is -0.882. The van der Waals surface area contributed by atoms with Crippen molar-refractivity contribution in [2.75, 3.05) is 7.11 Å². The maximum atomic E-state index is 10.0. The summed E-state index contributed by atoms with van der Waals surface area (Å²) in [6.45, 7) is 0. The Hall–Kier alpha value is -0.613. The van der Waals surface area contributed by atoms with E-state index in [-0.39, 0.29) is 0 Å². The summed E-state index contributed by atoms with van der Waals surface area (Å²) in [7, 11) is 2.68. The summed E-state index contributed by atoms with van der Waals surface area (Å²) in [4.78, 5) is 10.0. The number of ether oxygens (including phenoxy) is 1. The number of methoxy groups -OCH3 is 1. The van der Waals surface area contributed by atoms with Crippen LogP contribution in [0.25, 0.3) is 0 Å². The van der Waals surface area contributed by atoms with Crippen LogP contribution in [0, 0.1) is 0 Å². The van der Waals surface area contributed by atoms with Gasteiger partial charge in [0.25, 0.3) is 0 Å². The van der Waals surface area contributed by atoms with Gasteiger partial charge in [-0.25, -0.2) is 4.79 Å². The maximum Gasteiger partial charge on any atom is 0.327 e. The van der Waals surface area contributed by atoms with E-state index < -0.39 is 5.97 Å². The van der Waals surface area contributed by atoms with Crippen molar-refractivity contribution in [1.82, 2.24) is 0 Å². The van der Waals surface area contributed by atoms with Gasteiger partial charge in [0.05, 0.1) is 0 Å². The van der Waals surface area contributed by atoms with Crippen LogP contribution in [-0.2, 0) is 9.53 Å². The third-order valence-electron chi connectivity index (χ3n) is 1.40. The smallest absolute Gasteiger partial charge is 0.327 e. The van der Waals surface area contributed by atoms with Gasteiger partial charge in [-0.05, 0) is 12.8 Å². The SMILES string of the molecule is COC([SiH3])CCC=CC(=O)O. The molecule has 0 aromatic carbocycles. The van der Waals surface area contributed by atoms with Gasteiger partial charge in [0.2, 0.25) is 0 Å². The first-order valence-corrected chi connectivity index (χ1v) is 4.74. The third kappa shape index (κ3) is 7.28. The van der Waals surface area contributed by atoms with Crippen LogP contribution < -0.4 is 0 Å². The van der Waals surface area contributed by atoms with Gasteiger partial charge in [-0.1, -0.05) is 6.08 Å². The average molecular weight is 174 g/mol. The summed E-state index contributed by atoms with van der Waals surface area (Å²) in [6, 6.07) is 0. The Morgan fingerprint density at radius 3 is 2.91 bits per heavy atom. The topological polar surface area (TPSA) is 46.5 Å². The zero-order valence-electron chi connectivity index (χ0n) is 6.91. The van der Waals surface area contributed by atoms with Crippen LogP contribution >= 0.6 is 0 Å². The second-order valence-corrected chi connectivity index (χ2v) is 3.65. The Balaban J connectivity index is 3.33. The predicted octanol–water partition coefficient (Wildman–Crippen LogP) is -0.255. The number of hydrogen-bond donors (Lipinski definition) is 1. The molecule has 0 aliphatic carbocycles. The molecule has 0 bridgehead atoms. The van der Waals surface area contributed by atoms with Gasteiger partial charge < -0.3 is 9.84 Å². The summed E-state index contributed by atoms with van der Waals surface area (Å²) in [5.41, 5.74) is 0.341. The van der Waals surface area contributed by atoms with Crippen LogP contribution in [0.5, 0.6) is 0 Å². The van der Waals surface area contributed by atoms with Crippen LogP contribution in [0.1, 0.15) is 12.8 Å². The number of aliphatic carboxylic acids is 1. The second-order valence-electron chi connectivity index (χ2n) is 2.36. The van der Waals surface area contributed by atoms with Crippen molar-refractivity contribution in [2.45, 2.75) is 18.6 Å². The molecule has 0 aromatic heterocycles. The van der Waals surface area contributed by atoms with Gasteiger partial charge in [0, 0.05) is 29.2 Å². The van der Waals surface area contributed by atoms with E-state index in [0.29, 0.717) is 5.73 Å². The van der Waals surface area contributed by atoms with Gasteiger partial charge in [-0.2, -0.15) is 0 Å². The zero-order valence-corrected chi connectivity index (χ0v) is 8.91. The van der Waals surface area contributed by atoms with E-state index in [4.69, 9.17) is 9.84 Å². The lowest BCUT2D eigenvalue weighted by molar-refractivity contribution is -0.131. The molecule has 0 spiro atoms. The fraction of sp³-hybridized carbons (Fsp3) is 0.571. The molecular weight excluding hydrogens is 160 g/mol. The average Bonchev–Trinajstić information content (AvgIpc) is 1.97. The van der Waals surface area contributed by atoms with Crippen LogP contribution in [0.3, 0.4) is 0 Å². The molecule has 0 rings (SSSR count). The molecule has 1 N–H and O–H groups in total. The molecule has 0 saturated carbocycles. The van der Waals surface area contributed by atoms with Gasteiger partial charge in [-0.3, -0.25) is 0 Å². The minimum absolute atomic E-state index is 0.341. The second kappa shape index (κ2) is 6.12. The highest BCUT2D eigenvalue weighted by Crippen LogP contribution is 1.97. The summed E-state index contributed by atoms with van der Waals surface area (Å²) >= 11 is 0. The minimum Gasteiger partial charge on any atom is -0.478 e. The number of carbonyl (C=O) groups is 1.